The average molecular weight is 265 g/mol. The minimum atomic E-state index is -2.66. The maximum Gasteiger partial charge on any atom is 0.280 e. The molecule has 3 nitrogen and oxygen atoms in total. The van der Waals surface area contributed by atoms with Crippen molar-refractivity contribution < 1.29 is 13.6 Å². The van der Waals surface area contributed by atoms with Crippen LogP contribution in [0.2, 0.25) is 0 Å². The van der Waals surface area contributed by atoms with Crippen LogP contribution in [0.5, 0.6) is 0 Å². The Morgan fingerprint density at radius 2 is 2.21 bits per heavy atom. The number of rotatable bonds is 2. The molecule has 6 heteroatoms. The van der Waals surface area contributed by atoms with Crippen molar-refractivity contribution in [1.82, 2.24) is 4.98 Å². The second kappa shape index (κ2) is 4.00. The summed E-state index contributed by atoms with van der Waals surface area (Å²) in [5.41, 5.74) is 5.02. The average Bonchev–Trinajstić information content (AvgIpc) is 2.07. The van der Waals surface area contributed by atoms with Gasteiger partial charge in [0.2, 0.25) is 0 Å². The van der Waals surface area contributed by atoms with E-state index < -0.39 is 12.3 Å². The number of pyridine rings is 1. The molecule has 76 valence electrons. The third kappa shape index (κ3) is 2.06. The number of amides is 1. The molecule has 1 heterocycles. The highest BCUT2D eigenvalue weighted by molar-refractivity contribution is 9.10. The number of hydrogen-bond acceptors (Lipinski definition) is 2. The van der Waals surface area contributed by atoms with E-state index in [4.69, 9.17) is 5.73 Å². The Hall–Kier alpha value is -1.04. The molecule has 1 aromatic heterocycles. The minimum Gasteiger partial charge on any atom is -0.366 e. The Bertz CT molecular complexity index is 382. The highest BCUT2D eigenvalue weighted by Crippen LogP contribution is 2.24. The number of aromatic nitrogens is 1. The van der Waals surface area contributed by atoms with Crippen LogP contribution in [0, 0.1) is 6.92 Å². The van der Waals surface area contributed by atoms with Crippen LogP contribution < -0.4 is 5.73 Å². The van der Waals surface area contributed by atoms with E-state index >= 15 is 0 Å². The Morgan fingerprint density at radius 3 is 2.64 bits per heavy atom. The fraction of sp³-hybridized carbons (Fsp3) is 0.250. The lowest BCUT2D eigenvalue weighted by molar-refractivity contribution is 0.0998. The molecule has 0 saturated carbocycles. The van der Waals surface area contributed by atoms with Gasteiger partial charge in [0, 0.05) is 0 Å². The van der Waals surface area contributed by atoms with Crippen LogP contribution in [0.15, 0.2) is 10.7 Å². The number of carbonyl (C=O) groups is 1. The summed E-state index contributed by atoms with van der Waals surface area (Å²) in [7, 11) is 0. The van der Waals surface area contributed by atoms with E-state index in [1.54, 1.807) is 0 Å². The molecule has 0 saturated heterocycles. The van der Waals surface area contributed by atoms with Crippen LogP contribution in [0.25, 0.3) is 0 Å². The molecule has 0 unspecified atom stereocenters. The van der Waals surface area contributed by atoms with E-state index in [9.17, 15) is 13.6 Å². The van der Waals surface area contributed by atoms with Gasteiger partial charge in [0.25, 0.3) is 12.3 Å². The van der Waals surface area contributed by atoms with E-state index in [-0.39, 0.29) is 21.4 Å². The number of halogens is 3. The summed E-state index contributed by atoms with van der Waals surface area (Å²) in [6.07, 6.45) is -2.66. The van der Waals surface area contributed by atoms with Gasteiger partial charge in [0.15, 0.2) is 0 Å². The molecule has 1 amide bonds. The Labute approximate surface area is 87.4 Å². The molecule has 0 aliphatic heterocycles. The molecule has 14 heavy (non-hydrogen) atoms. The predicted octanol–water partition coefficient (Wildman–Crippen LogP) is 2.19. The fourth-order valence-corrected chi connectivity index (χ4v) is 1.50. The zero-order valence-electron chi connectivity index (χ0n) is 7.22. The zero-order valence-corrected chi connectivity index (χ0v) is 8.81. The summed E-state index contributed by atoms with van der Waals surface area (Å²) in [6.45, 7) is 1.45. The summed E-state index contributed by atoms with van der Waals surface area (Å²) >= 11 is 2.90. The van der Waals surface area contributed by atoms with Crippen molar-refractivity contribution in [3.05, 3.63) is 27.5 Å². The largest absolute Gasteiger partial charge is 0.366 e. The monoisotopic (exact) mass is 264 g/mol. The maximum atomic E-state index is 12.3. The second-order valence-corrected chi connectivity index (χ2v) is 3.44. The van der Waals surface area contributed by atoms with Crippen LogP contribution in [0.4, 0.5) is 8.78 Å². The van der Waals surface area contributed by atoms with Crippen LogP contribution in [-0.4, -0.2) is 10.9 Å². The maximum absolute atomic E-state index is 12.3. The van der Waals surface area contributed by atoms with Gasteiger partial charge in [0.1, 0.15) is 10.3 Å². The first-order valence-electron chi connectivity index (χ1n) is 3.68. The molecular weight excluding hydrogens is 258 g/mol. The van der Waals surface area contributed by atoms with Crippen LogP contribution >= 0.6 is 15.9 Å². The van der Waals surface area contributed by atoms with E-state index in [0.29, 0.717) is 0 Å². The molecule has 0 atom stereocenters. The van der Waals surface area contributed by atoms with Gasteiger partial charge in [-0.2, -0.15) is 0 Å². The van der Waals surface area contributed by atoms with Crippen molar-refractivity contribution in [2.24, 2.45) is 5.73 Å². The highest BCUT2D eigenvalue weighted by atomic mass is 79.9. The molecule has 0 bridgehead atoms. The summed E-state index contributed by atoms with van der Waals surface area (Å²) < 4.78 is 24.7. The minimum absolute atomic E-state index is 0.0471. The molecule has 1 aromatic rings. The van der Waals surface area contributed by atoms with Gasteiger partial charge in [-0.15, -0.1) is 0 Å². The molecule has 0 fully saturated rings. The summed E-state index contributed by atoms with van der Waals surface area (Å²) in [4.78, 5) is 14.4. The smallest absolute Gasteiger partial charge is 0.280 e. The first-order valence-corrected chi connectivity index (χ1v) is 4.47. The topological polar surface area (TPSA) is 56.0 Å². The summed E-state index contributed by atoms with van der Waals surface area (Å²) in [5.74, 6) is -0.701. The molecular formula is C8H7BrF2N2O. The Balaban J connectivity index is 3.31. The molecule has 0 aliphatic carbocycles. The number of primary amides is 1. The summed E-state index contributed by atoms with van der Waals surface area (Å²) in [6, 6.07) is 1.29. The number of hydrogen-bond donors (Lipinski definition) is 1. The van der Waals surface area contributed by atoms with Crippen molar-refractivity contribution in [3.8, 4) is 0 Å². The van der Waals surface area contributed by atoms with Gasteiger partial charge in [-0.3, -0.25) is 4.79 Å². The van der Waals surface area contributed by atoms with Gasteiger partial charge in [-0.25, -0.2) is 13.8 Å². The van der Waals surface area contributed by atoms with Gasteiger partial charge < -0.3 is 5.73 Å². The number of aryl methyl sites for hydroxylation is 1. The lowest BCUT2D eigenvalue weighted by Gasteiger charge is -2.06. The van der Waals surface area contributed by atoms with Crippen molar-refractivity contribution >= 4 is 21.8 Å². The lowest BCUT2D eigenvalue weighted by Crippen LogP contribution is -2.13. The third-order valence-electron chi connectivity index (χ3n) is 1.68. The van der Waals surface area contributed by atoms with Crippen LogP contribution in [0.1, 0.15) is 28.0 Å². The van der Waals surface area contributed by atoms with E-state index in [1.165, 1.54) is 13.0 Å². The van der Waals surface area contributed by atoms with Crippen molar-refractivity contribution in [2.75, 3.05) is 0 Å². The van der Waals surface area contributed by atoms with Crippen molar-refractivity contribution in [3.63, 3.8) is 0 Å². The molecule has 0 aliphatic rings. The number of nitrogens with two attached hydrogens (primary N) is 1. The number of carbonyl (C=O) groups excluding carboxylic acids is 1. The lowest BCUT2D eigenvalue weighted by atomic mass is 10.1. The van der Waals surface area contributed by atoms with Crippen molar-refractivity contribution in [1.29, 1.82) is 0 Å². The first kappa shape index (κ1) is 11.0. The third-order valence-corrected chi connectivity index (χ3v) is 2.28. The fourth-order valence-electron chi connectivity index (χ4n) is 0.998. The molecule has 1 rings (SSSR count). The molecule has 2 N–H and O–H groups in total. The predicted molar refractivity (Wildman–Crippen MR) is 50.1 cm³/mol. The van der Waals surface area contributed by atoms with Gasteiger partial charge in [-0.1, -0.05) is 0 Å². The van der Waals surface area contributed by atoms with Gasteiger partial charge >= 0.3 is 0 Å². The van der Waals surface area contributed by atoms with Crippen LogP contribution in [-0.2, 0) is 0 Å². The van der Waals surface area contributed by atoms with E-state index in [1.807, 2.05) is 0 Å². The highest BCUT2D eigenvalue weighted by Gasteiger charge is 2.17. The Kier molecular flexibility index (Phi) is 3.15. The zero-order chi connectivity index (χ0) is 10.9. The molecule has 0 radical (unpaired) electrons. The standard InChI is InChI=1S/C8H7BrF2N2O/c1-3-2-4(8(12)14)6(9)13-5(3)7(10)11/h2,7H,1H3,(H2,12,14). The second-order valence-electron chi connectivity index (χ2n) is 2.69. The first-order chi connectivity index (χ1) is 6.43. The van der Waals surface area contributed by atoms with Gasteiger partial charge in [-0.05, 0) is 34.5 Å². The number of alkyl halides is 2. The normalized spacial score (nSPS) is 10.6. The number of nitrogens with zero attached hydrogens (tertiary/aromatic N) is 1. The molecule has 0 spiro atoms. The SMILES string of the molecule is Cc1cc(C(N)=O)c(Br)nc1C(F)F. The van der Waals surface area contributed by atoms with E-state index in [2.05, 4.69) is 20.9 Å². The molecule has 0 aromatic carbocycles. The quantitative estimate of drug-likeness (QED) is 0.833. The van der Waals surface area contributed by atoms with E-state index in [0.717, 1.165) is 0 Å². The van der Waals surface area contributed by atoms with Gasteiger partial charge in [0.05, 0.1) is 5.56 Å². The van der Waals surface area contributed by atoms with Crippen LogP contribution in [0.3, 0.4) is 0 Å². The Morgan fingerprint density at radius 1 is 1.64 bits per heavy atom. The summed E-state index contributed by atoms with van der Waals surface area (Å²) in [5, 5.41) is 0. The van der Waals surface area contributed by atoms with Crippen molar-refractivity contribution in [2.45, 2.75) is 13.3 Å².